The molecule has 0 fully saturated rings. The van der Waals surface area contributed by atoms with Gasteiger partial charge in [0.1, 0.15) is 0 Å². The van der Waals surface area contributed by atoms with Crippen molar-refractivity contribution in [2.24, 2.45) is 0 Å². The van der Waals surface area contributed by atoms with Crippen LogP contribution in [0.2, 0.25) is 0 Å². The molecule has 104 valence electrons. The first-order valence-electron chi connectivity index (χ1n) is 5.73. The molecule has 2 aromatic rings. The fourth-order valence-electron chi connectivity index (χ4n) is 1.66. The Bertz CT molecular complexity index is 746. The molecule has 0 unspecified atom stereocenters. The lowest BCUT2D eigenvalue weighted by molar-refractivity contribution is 0.326. The Morgan fingerprint density at radius 1 is 1.50 bits per heavy atom. The molecule has 2 rings (SSSR count). The van der Waals surface area contributed by atoms with Gasteiger partial charge in [-0.3, -0.25) is 14.3 Å². The van der Waals surface area contributed by atoms with E-state index in [1.54, 1.807) is 18.3 Å². The molecular formula is C12H12N4O3S. The van der Waals surface area contributed by atoms with Gasteiger partial charge in [-0.05, 0) is 12.1 Å². The van der Waals surface area contributed by atoms with Crippen molar-refractivity contribution in [2.45, 2.75) is 6.42 Å². The summed E-state index contributed by atoms with van der Waals surface area (Å²) in [6.45, 7) is 0.0311. The molecule has 7 nitrogen and oxygen atoms in total. The second-order valence-electron chi connectivity index (χ2n) is 4.09. The highest BCUT2D eigenvalue weighted by molar-refractivity contribution is 7.85. The van der Waals surface area contributed by atoms with Crippen molar-refractivity contribution < 1.29 is 12.6 Å². The van der Waals surface area contributed by atoms with Gasteiger partial charge in [-0.1, -0.05) is 0 Å². The van der Waals surface area contributed by atoms with E-state index >= 15 is 0 Å². The van der Waals surface area contributed by atoms with Crippen LogP contribution in [0.15, 0.2) is 24.5 Å². The topological polar surface area (TPSA) is 109 Å². The molecule has 0 spiro atoms. The molecule has 0 aliphatic rings. The quantitative estimate of drug-likeness (QED) is 0.819. The number of rotatable bonds is 5. The third-order valence-electron chi connectivity index (χ3n) is 2.53. The number of hydrogen-bond acceptors (Lipinski definition) is 6. The lowest BCUT2D eigenvalue weighted by atomic mass is 10.1. The number of hydrogen-bond donors (Lipinski definition) is 1. The first-order chi connectivity index (χ1) is 9.49. The normalized spacial score (nSPS) is 11.2. The van der Waals surface area contributed by atoms with Gasteiger partial charge in [0.15, 0.2) is 0 Å². The van der Waals surface area contributed by atoms with E-state index in [1.807, 2.05) is 6.07 Å². The highest BCUT2D eigenvalue weighted by atomic mass is 32.2. The summed E-state index contributed by atoms with van der Waals surface area (Å²) in [5.74, 6) is 0. The van der Waals surface area contributed by atoms with Crippen LogP contribution in [0.25, 0.3) is 11.4 Å². The number of nitriles is 1. The summed E-state index contributed by atoms with van der Waals surface area (Å²) in [6, 6.07) is 5.27. The summed E-state index contributed by atoms with van der Waals surface area (Å²) >= 11 is 0. The van der Waals surface area contributed by atoms with E-state index in [-0.39, 0.29) is 6.61 Å². The van der Waals surface area contributed by atoms with Crippen molar-refractivity contribution in [2.75, 3.05) is 12.9 Å². The van der Waals surface area contributed by atoms with Gasteiger partial charge < -0.3 is 0 Å². The van der Waals surface area contributed by atoms with Crippen molar-refractivity contribution in [1.82, 2.24) is 15.2 Å². The second kappa shape index (κ2) is 5.81. The van der Waals surface area contributed by atoms with Crippen LogP contribution in [0.3, 0.4) is 0 Å². The molecule has 0 aromatic carbocycles. The highest BCUT2D eigenvalue weighted by Gasteiger charge is 2.11. The van der Waals surface area contributed by atoms with E-state index in [0.717, 1.165) is 11.8 Å². The van der Waals surface area contributed by atoms with Gasteiger partial charge in [0.2, 0.25) is 0 Å². The van der Waals surface area contributed by atoms with Crippen LogP contribution in [0.1, 0.15) is 11.1 Å². The molecule has 0 amide bonds. The summed E-state index contributed by atoms with van der Waals surface area (Å²) in [7, 11) is -3.45. The third kappa shape index (κ3) is 3.63. The van der Waals surface area contributed by atoms with Gasteiger partial charge in [0, 0.05) is 18.2 Å². The molecule has 2 aromatic heterocycles. The predicted octanol–water partition coefficient (Wildman–Crippen LogP) is 0.862. The Morgan fingerprint density at radius 2 is 2.30 bits per heavy atom. The van der Waals surface area contributed by atoms with Gasteiger partial charge >= 0.3 is 0 Å². The summed E-state index contributed by atoms with van der Waals surface area (Å²) in [5, 5.41) is 15.6. The first kappa shape index (κ1) is 14.2. The Kier molecular flexibility index (Phi) is 4.12. The van der Waals surface area contributed by atoms with Gasteiger partial charge in [0.25, 0.3) is 10.1 Å². The zero-order chi connectivity index (χ0) is 14.6. The minimum Gasteiger partial charge on any atom is -0.276 e. The van der Waals surface area contributed by atoms with Gasteiger partial charge in [-0.15, -0.1) is 0 Å². The average Bonchev–Trinajstić information content (AvgIpc) is 2.86. The summed E-state index contributed by atoms with van der Waals surface area (Å²) < 4.78 is 26.5. The lowest BCUT2D eigenvalue weighted by Gasteiger charge is -2.03. The monoisotopic (exact) mass is 292 g/mol. The largest absolute Gasteiger partial charge is 0.276 e. The number of aromatic nitrogens is 3. The molecule has 2 heterocycles. The molecule has 20 heavy (non-hydrogen) atoms. The Morgan fingerprint density at radius 3 is 3.00 bits per heavy atom. The van der Waals surface area contributed by atoms with Crippen LogP contribution in [0.4, 0.5) is 0 Å². The van der Waals surface area contributed by atoms with Crippen LogP contribution < -0.4 is 0 Å². The van der Waals surface area contributed by atoms with E-state index in [1.165, 1.54) is 6.20 Å². The number of nitrogens with one attached hydrogen (secondary N) is 1. The van der Waals surface area contributed by atoms with E-state index in [4.69, 9.17) is 9.44 Å². The fourth-order valence-corrected chi connectivity index (χ4v) is 2.05. The Labute approximate surface area is 116 Å². The lowest BCUT2D eigenvalue weighted by Crippen LogP contribution is -2.06. The number of aromatic amines is 1. The van der Waals surface area contributed by atoms with Crippen LogP contribution in [0, 0.1) is 11.3 Å². The molecule has 0 aliphatic heterocycles. The maximum atomic E-state index is 10.9. The molecule has 0 aliphatic carbocycles. The molecular weight excluding hydrogens is 280 g/mol. The first-order valence-corrected chi connectivity index (χ1v) is 7.54. The molecule has 8 heteroatoms. The van der Waals surface area contributed by atoms with E-state index in [2.05, 4.69) is 15.2 Å². The van der Waals surface area contributed by atoms with Crippen molar-refractivity contribution in [1.29, 1.82) is 5.26 Å². The summed E-state index contributed by atoms with van der Waals surface area (Å²) in [4.78, 5) is 4.17. The van der Waals surface area contributed by atoms with Crippen LogP contribution in [-0.2, 0) is 20.7 Å². The van der Waals surface area contributed by atoms with Crippen molar-refractivity contribution in [3.05, 3.63) is 35.7 Å². The SMILES string of the molecule is CS(=O)(=O)OCCc1cn[nH]c1-c1cc(C#N)ccn1. The van der Waals surface area contributed by atoms with Crippen molar-refractivity contribution in [3.8, 4) is 17.5 Å². The highest BCUT2D eigenvalue weighted by Crippen LogP contribution is 2.20. The molecule has 1 N–H and O–H groups in total. The maximum absolute atomic E-state index is 10.9. The summed E-state index contributed by atoms with van der Waals surface area (Å²) in [5.41, 5.74) is 2.49. The van der Waals surface area contributed by atoms with E-state index in [9.17, 15) is 8.42 Å². The smallest absolute Gasteiger partial charge is 0.264 e. The minimum atomic E-state index is -3.45. The van der Waals surface area contributed by atoms with Crippen molar-refractivity contribution >= 4 is 10.1 Å². The number of pyridine rings is 1. The minimum absolute atomic E-state index is 0.0311. The van der Waals surface area contributed by atoms with Crippen molar-refractivity contribution in [3.63, 3.8) is 0 Å². The van der Waals surface area contributed by atoms with Gasteiger partial charge in [-0.2, -0.15) is 18.8 Å². The third-order valence-corrected chi connectivity index (χ3v) is 3.13. The van der Waals surface area contributed by atoms with Crippen LogP contribution >= 0.6 is 0 Å². The molecule has 0 radical (unpaired) electrons. The molecule has 0 bridgehead atoms. The molecule has 0 saturated carbocycles. The predicted molar refractivity (Wildman–Crippen MR) is 71.0 cm³/mol. The number of nitrogens with zero attached hydrogens (tertiary/aromatic N) is 3. The standard InChI is InChI=1S/C12H12N4O3S/c1-20(17,18)19-5-3-10-8-15-16-12(10)11-6-9(7-13)2-4-14-11/h2,4,6,8H,3,5H2,1H3,(H,15,16). The fraction of sp³-hybridized carbons (Fsp3) is 0.250. The summed E-state index contributed by atoms with van der Waals surface area (Å²) in [6.07, 6.45) is 4.49. The number of H-pyrrole nitrogens is 1. The molecule has 0 atom stereocenters. The average molecular weight is 292 g/mol. The van der Waals surface area contributed by atoms with Gasteiger partial charge in [0.05, 0.1) is 42.1 Å². The Hall–Kier alpha value is -2.24. The molecule has 0 saturated heterocycles. The van der Waals surface area contributed by atoms with E-state index in [0.29, 0.717) is 23.4 Å². The zero-order valence-corrected chi connectivity index (χ0v) is 11.5. The zero-order valence-electron chi connectivity index (χ0n) is 10.7. The second-order valence-corrected chi connectivity index (χ2v) is 5.73. The van der Waals surface area contributed by atoms with Crippen LogP contribution in [-0.4, -0.2) is 36.5 Å². The van der Waals surface area contributed by atoms with E-state index < -0.39 is 10.1 Å². The van der Waals surface area contributed by atoms with Gasteiger partial charge in [-0.25, -0.2) is 0 Å². The Balaban J connectivity index is 2.18. The maximum Gasteiger partial charge on any atom is 0.264 e. The van der Waals surface area contributed by atoms with Crippen LogP contribution in [0.5, 0.6) is 0 Å².